The van der Waals surface area contributed by atoms with Crippen molar-refractivity contribution in [2.45, 2.75) is 51.1 Å². The van der Waals surface area contributed by atoms with E-state index < -0.39 is 23.8 Å². The molecule has 34 heavy (non-hydrogen) atoms. The van der Waals surface area contributed by atoms with Crippen LogP contribution in [0.1, 0.15) is 59.7 Å². The number of carbonyl (C=O) groups is 4. The van der Waals surface area contributed by atoms with Gasteiger partial charge in [-0.15, -0.1) is 0 Å². The molecule has 1 aromatic rings. The number of rotatable bonds is 3. The molecule has 4 unspecified atom stereocenters. The molecule has 4 aliphatic heterocycles. The quantitative estimate of drug-likeness (QED) is 0.645. The Balaban J connectivity index is 1.42. The predicted octanol–water partition coefficient (Wildman–Crippen LogP) is 1.12. The van der Waals surface area contributed by atoms with Crippen LogP contribution < -0.4 is 20.4 Å². The van der Waals surface area contributed by atoms with Crippen molar-refractivity contribution in [3.8, 4) is 0 Å². The normalized spacial score (nSPS) is 31.3. The number of nitrogens with one attached hydrogen (secondary N) is 2. The first-order valence-electron chi connectivity index (χ1n) is 12.5. The van der Waals surface area contributed by atoms with E-state index in [0.29, 0.717) is 29.0 Å². The van der Waals surface area contributed by atoms with E-state index in [-0.39, 0.29) is 18.7 Å². The number of fused-ring (bicyclic) bond motifs is 2. The van der Waals surface area contributed by atoms with Gasteiger partial charge in [0.2, 0.25) is 11.8 Å². The average molecular weight is 466 g/mol. The third kappa shape index (κ3) is 3.32. The second kappa shape index (κ2) is 8.08. The zero-order chi connectivity index (χ0) is 23.6. The Morgan fingerprint density at radius 3 is 2.38 bits per heavy atom. The van der Waals surface area contributed by atoms with Gasteiger partial charge in [0.25, 0.3) is 11.8 Å². The smallest absolute Gasteiger partial charge is 0.264 e. The molecule has 0 bridgehead atoms. The first-order valence-corrected chi connectivity index (χ1v) is 12.5. The molecule has 0 spiro atoms. The number of nitrogens with zero attached hydrogens (tertiary/aromatic N) is 3. The third-order valence-electron chi connectivity index (χ3n) is 8.31. The highest BCUT2D eigenvalue weighted by Crippen LogP contribution is 2.46. The number of piperazine rings is 1. The Morgan fingerprint density at radius 1 is 0.912 bits per heavy atom. The topological polar surface area (TPSA) is 102 Å². The molecule has 2 N–H and O–H groups in total. The fraction of sp³-hybridized carbons (Fsp3) is 0.600. The number of carbonyl (C=O) groups excluding carboxylic acids is 4. The molecule has 3 saturated heterocycles. The number of imide groups is 2. The molecule has 1 saturated carbocycles. The van der Waals surface area contributed by atoms with Gasteiger partial charge in [-0.05, 0) is 50.2 Å². The highest BCUT2D eigenvalue weighted by molar-refractivity contribution is 6.26. The van der Waals surface area contributed by atoms with Crippen molar-refractivity contribution >= 4 is 35.0 Å². The number of hydrogen-bond donors (Lipinski definition) is 2. The van der Waals surface area contributed by atoms with Crippen LogP contribution in [-0.4, -0.2) is 73.3 Å². The number of amides is 4. The van der Waals surface area contributed by atoms with E-state index in [1.807, 2.05) is 6.07 Å². The Labute approximate surface area is 198 Å². The van der Waals surface area contributed by atoms with E-state index in [1.54, 1.807) is 6.07 Å². The van der Waals surface area contributed by atoms with Crippen LogP contribution in [0, 0.1) is 11.8 Å². The maximum atomic E-state index is 13.8. The summed E-state index contributed by atoms with van der Waals surface area (Å²) in [5, 5.41) is 5.76. The Kier molecular flexibility index (Phi) is 5.13. The van der Waals surface area contributed by atoms with Crippen molar-refractivity contribution in [1.82, 2.24) is 15.5 Å². The molecule has 4 fully saturated rings. The zero-order valence-electron chi connectivity index (χ0n) is 19.5. The van der Waals surface area contributed by atoms with E-state index in [2.05, 4.69) is 27.4 Å². The lowest BCUT2D eigenvalue weighted by Crippen LogP contribution is -2.54. The van der Waals surface area contributed by atoms with Crippen LogP contribution in [-0.2, 0) is 9.59 Å². The van der Waals surface area contributed by atoms with Crippen molar-refractivity contribution in [2.75, 3.05) is 42.5 Å². The molecule has 9 nitrogen and oxygen atoms in total. The van der Waals surface area contributed by atoms with Crippen LogP contribution in [0.25, 0.3) is 0 Å². The standard InChI is InChI=1S/C25H31N5O4/c1-14-11-28(10-9-26-14)18-6-5-17-21(22(18)29-12-15-3-2-4-16(15)13-29)25(34)30(24(17)33)19-7-8-20(31)27-23(19)32/h5-6,14-16,19,26H,2-4,7-13H2,1H3,(H,27,31,32). The molecule has 4 amide bonds. The lowest BCUT2D eigenvalue weighted by molar-refractivity contribution is -0.136. The lowest BCUT2D eigenvalue weighted by Gasteiger charge is -2.37. The van der Waals surface area contributed by atoms with Gasteiger partial charge in [0.15, 0.2) is 0 Å². The highest BCUT2D eigenvalue weighted by atomic mass is 16.2. The fourth-order valence-electron chi connectivity index (χ4n) is 6.67. The Bertz CT molecular complexity index is 1080. The van der Waals surface area contributed by atoms with Crippen LogP contribution in [0.4, 0.5) is 11.4 Å². The summed E-state index contributed by atoms with van der Waals surface area (Å²) in [6.45, 7) is 6.46. The number of anilines is 2. The van der Waals surface area contributed by atoms with Gasteiger partial charge in [-0.3, -0.25) is 29.4 Å². The lowest BCUT2D eigenvalue weighted by atomic mass is 10.0. The Morgan fingerprint density at radius 2 is 1.68 bits per heavy atom. The molecular formula is C25H31N5O4. The minimum Gasteiger partial charge on any atom is -0.369 e. The van der Waals surface area contributed by atoms with E-state index in [1.165, 1.54) is 19.3 Å². The number of benzene rings is 1. The molecule has 9 heteroatoms. The second-order valence-corrected chi connectivity index (χ2v) is 10.5. The van der Waals surface area contributed by atoms with E-state index >= 15 is 0 Å². The molecule has 1 aliphatic carbocycles. The number of hydrogen-bond acceptors (Lipinski definition) is 7. The molecule has 4 heterocycles. The first-order chi connectivity index (χ1) is 16.4. The predicted molar refractivity (Wildman–Crippen MR) is 126 cm³/mol. The summed E-state index contributed by atoms with van der Waals surface area (Å²) in [5.41, 5.74) is 2.65. The van der Waals surface area contributed by atoms with Crippen LogP contribution in [0.15, 0.2) is 12.1 Å². The van der Waals surface area contributed by atoms with Gasteiger partial charge in [-0.1, -0.05) is 6.42 Å². The van der Waals surface area contributed by atoms with Crippen molar-refractivity contribution in [1.29, 1.82) is 0 Å². The monoisotopic (exact) mass is 465 g/mol. The highest BCUT2D eigenvalue weighted by Gasteiger charge is 2.48. The summed E-state index contributed by atoms with van der Waals surface area (Å²) in [5.74, 6) is -0.522. The summed E-state index contributed by atoms with van der Waals surface area (Å²) < 4.78 is 0. The van der Waals surface area contributed by atoms with Crippen molar-refractivity contribution in [2.24, 2.45) is 11.8 Å². The van der Waals surface area contributed by atoms with Crippen molar-refractivity contribution < 1.29 is 19.2 Å². The van der Waals surface area contributed by atoms with Gasteiger partial charge in [0.1, 0.15) is 6.04 Å². The van der Waals surface area contributed by atoms with Gasteiger partial charge in [-0.2, -0.15) is 0 Å². The SMILES string of the molecule is CC1CN(c2ccc3c(c2N2CC4CCCC4C2)C(=O)N(C2CCC(=O)NC2=O)C3=O)CCN1. The molecule has 0 radical (unpaired) electrons. The van der Waals surface area contributed by atoms with Gasteiger partial charge < -0.3 is 15.1 Å². The molecular weight excluding hydrogens is 434 g/mol. The maximum Gasteiger partial charge on any atom is 0.264 e. The summed E-state index contributed by atoms with van der Waals surface area (Å²) >= 11 is 0. The van der Waals surface area contributed by atoms with Crippen LogP contribution in [0.5, 0.6) is 0 Å². The first kappa shape index (κ1) is 21.6. The van der Waals surface area contributed by atoms with E-state index in [0.717, 1.165) is 49.0 Å². The van der Waals surface area contributed by atoms with Crippen LogP contribution in [0.2, 0.25) is 0 Å². The summed E-state index contributed by atoms with van der Waals surface area (Å²) in [4.78, 5) is 57.2. The van der Waals surface area contributed by atoms with Gasteiger partial charge in [0, 0.05) is 45.2 Å². The Hall–Kier alpha value is -2.94. The molecule has 6 rings (SSSR count). The minimum atomic E-state index is -0.946. The van der Waals surface area contributed by atoms with Gasteiger partial charge in [-0.25, -0.2) is 0 Å². The zero-order valence-corrected chi connectivity index (χ0v) is 19.5. The molecule has 5 aliphatic rings. The van der Waals surface area contributed by atoms with Gasteiger partial charge >= 0.3 is 0 Å². The second-order valence-electron chi connectivity index (χ2n) is 10.5. The van der Waals surface area contributed by atoms with Crippen LogP contribution in [0.3, 0.4) is 0 Å². The number of piperidine rings is 1. The average Bonchev–Trinajstić information content (AvgIpc) is 3.47. The van der Waals surface area contributed by atoms with Crippen LogP contribution >= 0.6 is 0 Å². The summed E-state index contributed by atoms with van der Waals surface area (Å²) in [7, 11) is 0. The van der Waals surface area contributed by atoms with Crippen molar-refractivity contribution in [3.05, 3.63) is 23.3 Å². The molecule has 1 aromatic carbocycles. The fourth-order valence-corrected chi connectivity index (χ4v) is 6.67. The molecule has 180 valence electrons. The third-order valence-corrected chi connectivity index (χ3v) is 8.31. The van der Waals surface area contributed by atoms with E-state index in [4.69, 9.17) is 0 Å². The molecule has 0 aromatic heterocycles. The largest absolute Gasteiger partial charge is 0.369 e. The summed E-state index contributed by atoms with van der Waals surface area (Å²) in [6.07, 6.45) is 3.98. The minimum absolute atomic E-state index is 0.121. The maximum absolute atomic E-state index is 13.8. The van der Waals surface area contributed by atoms with Gasteiger partial charge in [0.05, 0.1) is 22.5 Å². The van der Waals surface area contributed by atoms with E-state index in [9.17, 15) is 19.2 Å². The van der Waals surface area contributed by atoms with Crippen molar-refractivity contribution in [3.63, 3.8) is 0 Å². The summed E-state index contributed by atoms with van der Waals surface area (Å²) in [6, 6.07) is 3.12. The molecule has 4 atom stereocenters.